The second-order valence-electron chi connectivity index (χ2n) is 6.51. The number of piperidine rings is 1. The van der Waals surface area contributed by atoms with Crippen molar-refractivity contribution >= 4 is 0 Å². The summed E-state index contributed by atoms with van der Waals surface area (Å²) in [5.74, 6) is 2.22. The maximum absolute atomic E-state index is 2.67. The van der Waals surface area contributed by atoms with Crippen LogP contribution in [0.1, 0.15) is 46.5 Å². The summed E-state index contributed by atoms with van der Waals surface area (Å²) in [4.78, 5) is 2.67. The Bertz CT molecular complexity index is 180. The second kappa shape index (κ2) is 3.84. The van der Waals surface area contributed by atoms with Crippen LogP contribution in [-0.2, 0) is 0 Å². The van der Waals surface area contributed by atoms with E-state index in [1.54, 1.807) is 0 Å². The molecule has 0 atom stereocenters. The summed E-state index contributed by atoms with van der Waals surface area (Å²) >= 11 is 0. The molecule has 0 aromatic rings. The van der Waals surface area contributed by atoms with Gasteiger partial charge in [-0.25, -0.2) is 0 Å². The summed E-state index contributed by atoms with van der Waals surface area (Å²) in [5, 5.41) is 0. The highest BCUT2D eigenvalue weighted by atomic mass is 15.1. The highest BCUT2D eigenvalue weighted by molar-refractivity contribution is 4.86. The Labute approximate surface area is 88.9 Å². The van der Waals surface area contributed by atoms with Gasteiger partial charge in [-0.05, 0) is 56.0 Å². The molecule has 1 aliphatic carbocycles. The van der Waals surface area contributed by atoms with E-state index in [9.17, 15) is 0 Å². The second-order valence-corrected chi connectivity index (χ2v) is 6.51. The number of rotatable bonds is 2. The fraction of sp³-hybridized carbons (Fsp3) is 1.00. The maximum Gasteiger partial charge on any atom is 0.00300 e. The van der Waals surface area contributed by atoms with Gasteiger partial charge in [-0.3, -0.25) is 0 Å². The van der Waals surface area contributed by atoms with E-state index in [1.165, 1.54) is 45.3 Å². The van der Waals surface area contributed by atoms with Crippen LogP contribution < -0.4 is 0 Å². The molecule has 0 unspecified atom stereocenters. The molecule has 2 rings (SSSR count). The zero-order chi connectivity index (χ0) is 10.2. The molecule has 0 radical (unpaired) electrons. The molecule has 1 heteroatoms. The molecule has 1 saturated carbocycles. The lowest BCUT2D eigenvalue weighted by molar-refractivity contribution is 0.129. The van der Waals surface area contributed by atoms with E-state index in [0.29, 0.717) is 5.41 Å². The first kappa shape index (κ1) is 10.5. The van der Waals surface area contributed by atoms with Gasteiger partial charge in [-0.1, -0.05) is 20.8 Å². The Morgan fingerprint density at radius 1 is 0.929 bits per heavy atom. The first-order valence-electron chi connectivity index (χ1n) is 6.27. The SMILES string of the molecule is CC(C)(C)CN1CCC(C2CC2)CC1. The van der Waals surface area contributed by atoms with Gasteiger partial charge < -0.3 is 4.90 Å². The molecule has 0 bridgehead atoms. The molecule has 2 aliphatic rings. The van der Waals surface area contributed by atoms with Crippen LogP contribution in [0.3, 0.4) is 0 Å². The molecule has 0 aromatic carbocycles. The summed E-state index contributed by atoms with van der Waals surface area (Å²) in [7, 11) is 0. The van der Waals surface area contributed by atoms with Crippen LogP contribution >= 0.6 is 0 Å². The van der Waals surface area contributed by atoms with Crippen molar-refractivity contribution in [2.24, 2.45) is 17.3 Å². The van der Waals surface area contributed by atoms with Crippen molar-refractivity contribution in [2.75, 3.05) is 19.6 Å². The van der Waals surface area contributed by atoms with Crippen LogP contribution in [0, 0.1) is 17.3 Å². The molecular formula is C13H25N. The average molecular weight is 195 g/mol. The fourth-order valence-electron chi connectivity index (χ4n) is 2.82. The molecule has 14 heavy (non-hydrogen) atoms. The zero-order valence-corrected chi connectivity index (χ0v) is 10.1. The van der Waals surface area contributed by atoms with Crippen LogP contribution in [0.2, 0.25) is 0 Å². The number of nitrogens with zero attached hydrogens (tertiary/aromatic N) is 1. The van der Waals surface area contributed by atoms with Gasteiger partial charge in [-0.15, -0.1) is 0 Å². The quantitative estimate of drug-likeness (QED) is 0.654. The van der Waals surface area contributed by atoms with Gasteiger partial charge in [-0.2, -0.15) is 0 Å². The standard InChI is InChI=1S/C13H25N/c1-13(2,3)10-14-8-6-12(7-9-14)11-4-5-11/h11-12H,4-10H2,1-3H3. The Morgan fingerprint density at radius 3 is 1.86 bits per heavy atom. The predicted molar refractivity (Wildman–Crippen MR) is 61.3 cm³/mol. The van der Waals surface area contributed by atoms with Crippen molar-refractivity contribution in [1.82, 2.24) is 4.90 Å². The summed E-state index contributed by atoms with van der Waals surface area (Å²) in [6, 6.07) is 0. The van der Waals surface area contributed by atoms with Crippen molar-refractivity contribution in [3.05, 3.63) is 0 Å². The Morgan fingerprint density at radius 2 is 1.43 bits per heavy atom. The average Bonchev–Trinajstić information content (AvgIpc) is 2.85. The molecule has 1 saturated heterocycles. The summed E-state index contributed by atoms with van der Waals surface area (Å²) in [6.45, 7) is 11.0. The molecule has 82 valence electrons. The lowest BCUT2D eigenvalue weighted by atomic mass is 9.89. The third kappa shape index (κ3) is 2.98. The van der Waals surface area contributed by atoms with Crippen molar-refractivity contribution < 1.29 is 0 Å². The topological polar surface area (TPSA) is 3.24 Å². The smallest absolute Gasteiger partial charge is 0.00300 e. The first-order valence-corrected chi connectivity index (χ1v) is 6.27. The third-order valence-corrected chi connectivity index (χ3v) is 3.62. The maximum atomic E-state index is 2.67. The van der Waals surface area contributed by atoms with Crippen LogP contribution in [0.4, 0.5) is 0 Å². The van der Waals surface area contributed by atoms with Crippen molar-refractivity contribution in [3.63, 3.8) is 0 Å². The summed E-state index contributed by atoms with van der Waals surface area (Å²) in [6.07, 6.45) is 6.01. The van der Waals surface area contributed by atoms with E-state index in [0.717, 1.165) is 11.8 Å². The molecule has 1 aliphatic heterocycles. The minimum Gasteiger partial charge on any atom is -0.303 e. The minimum absolute atomic E-state index is 0.479. The van der Waals surface area contributed by atoms with E-state index < -0.39 is 0 Å². The summed E-state index contributed by atoms with van der Waals surface area (Å²) < 4.78 is 0. The lowest BCUT2D eigenvalue weighted by Gasteiger charge is -2.36. The van der Waals surface area contributed by atoms with Gasteiger partial charge >= 0.3 is 0 Å². The van der Waals surface area contributed by atoms with Gasteiger partial charge in [0.05, 0.1) is 0 Å². The fourth-order valence-corrected chi connectivity index (χ4v) is 2.82. The molecule has 0 spiro atoms. The molecule has 1 nitrogen and oxygen atoms in total. The number of likely N-dealkylation sites (tertiary alicyclic amines) is 1. The van der Waals surface area contributed by atoms with Gasteiger partial charge in [0.25, 0.3) is 0 Å². The van der Waals surface area contributed by atoms with Gasteiger partial charge in [0.2, 0.25) is 0 Å². The Kier molecular flexibility index (Phi) is 2.88. The molecule has 0 amide bonds. The molecular weight excluding hydrogens is 170 g/mol. The number of hydrogen-bond donors (Lipinski definition) is 0. The predicted octanol–water partition coefficient (Wildman–Crippen LogP) is 3.15. The number of hydrogen-bond acceptors (Lipinski definition) is 1. The van der Waals surface area contributed by atoms with Crippen LogP contribution in [0.15, 0.2) is 0 Å². The molecule has 0 N–H and O–H groups in total. The van der Waals surface area contributed by atoms with E-state index in [4.69, 9.17) is 0 Å². The first-order chi connectivity index (χ1) is 6.54. The highest BCUT2D eigenvalue weighted by Crippen LogP contribution is 2.41. The van der Waals surface area contributed by atoms with Crippen molar-refractivity contribution in [3.8, 4) is 0 Å². The minimum atomic E-state index is 0.479. The van der Waals surface area contributed by atoms with E-state index in [-0.39, 0.29) is 0 Å². The van der Waals surface area contributed by atoms with Gasteiger partial charge in [0, 0.05) is 6.54 Å². The van der Waals surface area contributed by atoms with Gasteiger partial charge in [0.15, 0.2) is 0 Å². The monoisotopic (exact) mass is 195 g/mol. The summed E-state index contributed by atoms with van der Waals surface area (Å²) in [5.41, 5.74) is 0.479. The van der Waals surface area contributed by atoms with Crippen LogP contribution in [0.5, 0.6) is 0 Å². The van der Waals surface area contributed by atoms with Crippen molar-refractivity contribution in [1.29, 1.82) is 0 Å². The molecule has 2 fully saturated rings. The van der Waals surface area contributed by atoms with E-state index in [2.05, 4.69) is 25.7 Å². The Balaban J connectivity index is 1.72. The Hall–Kier alpha value is -0.0400. The zero-order valence-electron chi connectivity index (χ0n) is 10.1. The van der Waals surface area contributed by atoms with E-state index in [1.807, 2.05) is 0 Å². The highest BCUT2D eigenvalue weighted by Gasteiger charge is 2.33. The molecule has 0 aromatic heterocycles. The largest absolute Gasteiger partial charge is 0.303 e. The third-order valence-electron chi connectivity index (χ3n) is 3.62. The van der Waals surface area contributed by atoms with Crippen molar-refractivity contribution in [2.45, 2.75) is 46.5 Å². The lowest BCUT2D eigenvalue weighted by Crippen LogP contribution is -2.39. The molecule has 1 heterocycles. The van der Waals surface area contributed by atoms with Gasteiger partial charge in [0.1, 0.15) is 0 Å². The normalized spacial score (nSPS) is 26.8. The van der Waals surface area contributed by atoms with E-state index >= 15 is 0 Å². The van der Waals surface area contributed by atoms with Crippen LogP contribution in [0.25, 0.3) is 0 Å². The van der Waals surface area contributed by atoms with Crippen LogP contribution in [-0.4, -0.2) is 24.5 Å².